The van der Waals surface area contributed by atoms with Crippen LogP contribution in [0.2, 0.25) is 0 Å². The quantitative estimate of drug-likeness (QED) is 0.892. The first kappa shape index (κ1) is 15.5. The molecule has 3 nitrogen and oxygen atoms in total. The average molecular weight is 301 g/mol. The predicted molar refractivity (Wildman–Crippen MR) is 87.5 cm³/mol. The molecule has 2 aliphatic carbocycles. The third-order valence-electron chi connectivity index (χ3n) is 5.30. The van der Waals surface area contributed by atoms with Crippen LogP contribution < -0.4 is 5.32 Å². The summed E-state index contributed by atoms with van der Waals surface area (Å²) in [5.74, 6) is 0.422. The summed E-state index contributed by atoms with van der Waals surface area (Å²) in [5.41, 5.74) is 3.57. The van der Waals surface area contributed by atoms with E-state index in [1.54, 1.807) is 6.92 Å². The maximum atomic E-state index is 11.4. The highest BCUT2D eigenvalue weighted by Crippen LogP contribution is 2.37. The molecular formula is C19H27NO2. The number of aliphatic hydroxyl groups is 1. The van der Waals surface area contributed by atoms with Gasteiger partial charge >= 0.3 is 0 Å². The van der Waals surface area contributed by atoms with Crippen molar-refractivity contribution >= 4 is 5.91 Å². The molecule has 0 bridgehead atoms. The number of nitrogens with one attached hydrogen (secondary N) is 1. The molecule has 1 aromatic carbocycles. The predicted octanol–water partition coefficient (Wildman–Crippen LogP) is 3.81. The number of hydrogen-bond acceptors (Lipinski definition) is 2. The molecule has 0 radical (unpaired) electrons. The minimum Gasteiger partial charge on any atom is -0.388 e. The molecule has 2 aliphatic rings. The summed E-state index contributed by atoms with van der Waals surface area (Å²) in [5, 5.41) is 13.8. The molecule has 0 heterocycles. The van der Waals surface area contributed by atoms with Crippen molar-refractivity contribution in [2.75, 3.05) is 0 Å². The third-order valence-corrected chi connectivity index (χ3v) is 5.30. The van der Waals surface area contributed by atoms with Gasteiger partial charge in [-0.15, -0.1) is 0 Å². The van der Waals surface area contributed by atoms with Crippen LogP contribution in [0.25, 0.3) is 0 Å². The number of fused-ring (bicyclic) bond motifs is 1. The SMILES string of the molecule is CC(=O)NC1CCCc2ccc(C(O)C3CCCCC3)cc21. The van der Waals surface area contributed by atoms with Crippen molar-refractivity contribution in [2.24, 2.45) is 5.92 Å². The van der Waals surface area contributed by atoms with Gasteiger partial charge in [-0.1, -0.05) is 37.5 Å². The lowest BCUT2D eigenvalue weighted by Gasteiger charge is -2.30. The monoisotopic (exact) mass is 301 g/mol. The first-order valence-corrected chi connectivity index (χ1v) is 8.73. The zero-order valence-electron chi connectivity index (χ0n) is 13.5. The summed E-state index contributed by atoms with van der Waals surface area (Å²) in [6.07, 6.45) is 8.87. The molecule has 3 rings (SSSR count). The number of amides is 1. The Morgan fingerprint density at radius 1 is 1.18 bits per heavy atom. The maximum Gasteiger partial charge on any atom is 0.217 e. The summed E-state index contributed by atoms with van der Waals surface area (Å²) < 4.78 is 0. The molecular weight excluding hydrogens is 274 g/mol. The van der Waals surface area contributed by atoms with Crippen LogP contribution in [0.1, 0.15) is 80.7 Å². The Bertz CT molecular complexity index is 534. The van der Waals surface area contributed by atoms with Gasteiger partial charge in [0.15, 0.2) is 0 Å². The standard InChI is InChI=1S/C19H27NO2/c1-13(21)20-18-9-5-8-14-10-11-16(12-17(14)18)19(22)15-6-3-2-4-7-15/h10-12,15,18-19,22H,2-9H2,1H3,(H,20,21). The molecule has 22 heavy (non-hydrogen) atoms. The van der Waals surface area contributed by atoms with E-state index in [0.29, 0.717) is 5.92 Å². The number of aliphatic hydroxyl groups excluding tert-OH is 1. The van der Waals surface area contributed by atoms with Gasteiger partial charge in [0.1, 0.15) is 0 Å². The van der Waals surface area contributed by atoms with E-state index in [0.717, 1.165) is 37.7 Å². The number of carbonyl (C=O) groups is 1. The van der Waals surface area contributed by atoms with Crippen LogP contribution in [0.5, 0.6) is 0 Å². The molecule has 1 fully saturated rings. The van der Waals surface area contributed by atoms with Crippen LogP contribution >= 0.6 is 0 Å². The van der Waals surface area contributed by atoms with Crippen molar-refractivity contribution in [2.45, 2.75) is 70.4 Å². The molecule has 0 aliphatic heterocycles. The van der Waals surface area contributed by atoms with Gasteiger partial charge in [0, 0.05) is 6.92 Å². The fourth-order valence-corrected chi connectivity index (χ4v) is 4.12. The normalized spacial score (nSPS) is 23.6. The molecule has 1 saturated carbocycles. The van der Waals surface area contributed by atoms with E-state index in [9.17, 15) is 9.90 Å². The van der Waals surface area contributed by atoms with Crippen LogP contribution in [-0.4, -0.2) is 11.0 Å². The van der Waals surface area contributed by atoms with Gasteiger partial charge in [-0.25, -0.2) is 0 Å². The smallest absolute Gasteiger partial charge is 0.217 e. The summed E-state index contributed by atoms with van der Waals surface area (Å²) in [6.45, 7) is 1.58. The van der Waals surface area contributed by atoms with Crippen molar-refractivity contribution in [3.05, 3.63) is 34.9 Å². The lowest BCUT2D eigenvalue weighted by molar-refractivity contribution is -0.119. The Morgan fingerprint density at radius 2 is 1.95 bits per heavy atom. The van der Waals surface area contributed by atoms with E-state index in [4.69, 9.17) is 0 Å². The topological polar surface area (TPSA) is 49.3 Å². The van der Waals surface area contributed by atoms with Gasteiger partial charge < -0.3 is 10.4 Å². The van der Waals surface area contributed by atoms with Crippen LogP contribution in [-0.2, 0) is 11.2 Å². The molecule has 2 N–H and O–H groups in total. The maximum absolute atomic E-state index is 11.4. The Labute approximate surface area is 133 Å². The lowest BCUT2D eigenvalue weighted by atomic mass is 9.80. The van der Waals surface area contributed by atoms with Gasteiger partial charge in [-0.2, -0.15) is 0 Å². The molecule has 2 unspecified atom stereocenters. The molecule has 3 heteroatoms. The minimum atomic E-state index is -0.356. The first-order valence-electron chi connectivity index (χ1n) is 8.73. The number of hydrogen-bond donors (Lipinski definition) is 2. The van der Waals surface area contributed by atoms with Crippen molar-refractivity contribution in [1.82, 2.24) is 5.32 Å². The summed E-state index contributed by atoms with van der Waals surface area (Å²) >= 11 is 0. The molecule has 120 valence electrons. The highest BCUT2D eigenvalue weighted by atomic mass is 16.3. The van der Waals surface area contributed by atoms with Crippen molar-refractivity contribution in [3.8, 4) is 0 Å². The van der Waals surface area contributed by atoms with Gasteiger partial charge in [-0.05, 0) is 54.7 Å². The second kappa shape index (κ2) is 6.82. The second-order valence-electron chi connectivity index (χ2n) is 6.95. The Balaban J connectivity index is 1.83. The van der Waals surface area contributed by atoms with E-state index < -0.39 is 0 Å². The average Bonchev–Trinajstić information content (AvgIpc) is 2.54. The molecule has 1 aromatic rings. The largest absolute Gasteiger partial charge is 0.388 e. The minimum absolute atomic E-state index is 0.0242. The van der Waals surface area contributed by atoms with Crippen LogP contribution in [0.15, 0.2) is 18.2 Å². The Hall–Kier alpha value is -1.35. The molecule has 2 atom stereocenters. The molecule has 0 aromatic heterocycles. The van der Waals surface area contributed by atoms with Crippen molar-refractivity contribution in [1.29, 1.82) is 0 Å². The van der Waals surface area contributed by atoms with E-state index in [-0.39, 0.29) is 18.1 Å². The van der Waals surface area contributed by atoms with E-state index in [2.05, 4.69) is 23.5 Å². The van der Waals surface area contributed by atoms with Gasteiger partial charge in [0.25, 0.3) is 0 Å². The van der Waals surface area contributed by atoms with Gasteiger partial charge in [0.05, 0.1) is 12.1 Å². The Kier molecular flexibility index (Phi) is 4.82. The van der Waals surface area contributed by atoms with Crippen LogP contribution in [0, 0.1) is 5.92 Å². The zero-order valence-corrected chi connectivity index (χ0v) is 13.5. The fourth-order valence-electron chi connectivity index (χ4n) is 4.12. The van der Waals surface area contributed by atoms with Gasteiger partial charge in [0.2, 0.25) is 5.91 Å². The van der Waals surface area contributed by atoms with E-state index >= 15 is 0 Å². The van der Waals surface area contributed by atoms with E-state index in [1.807, 2.05) is 0 Å². The van der Waals surface area contributed by atoms with Crippen molar-refractivity contribution < 1.29 is 9.90 Å². The highest BCUT2D eigenvalue weighted by Gasteiger charge is 2.26. The summed E-state index contributed by atoms with van der Waals surface area (Å²) in [7, 11) is 0. The zero-order chi connectivity index (χ0) is 15.5. The van der Waals surface area contributed by atoms with Crippen LogP contribution in [0.4, 0.5) is 0 Å². The highest BCUT2D eigenvalue weighted by molar-refractivity contribution is 5.73. The molecule has 0 spiro atoms. The number of aryl methyl sites for hydroxylation is 1. The van der Waals surface area contributed by atoms with Crippen molar-refractivity contribution in [3.63, 3.8) is 0 Å². The number of carbonyl (C=O) groups excluding carboxylic acids is 1. The number of rotatable bonds is 3. The fraction of sp³-hybridized carbons (Fsp3) is 0.632. The second-order valence-corrected chi connectivity index (χ2v) is 6.95. The first-order chi connectivity index (χ1) is 10.6. The van der Waals surface area contributed by atoms with Crippen LogP contribution in [0.3, 0.4) is 0 Å². The molecule has 1 amide bonds. The Morgan fingerprint density at radius 3 is 2.68 bits per heavy atom. The number of benzene rings is 1. The third kappa shape index (κ3) is 3.35. The molecule has 0 saturated heterocycles. The van der Waals surface area contributed by atoms with Gasteiger partial charge in [-0.3, -0.25) is 4.79 Å². The summed E-state index contributed by atoms with van der Waals surface area (Å²) in [4.78, 5) is 11.4. The lowest BCUT2D eigenvalue weighted by Crippen LogP contribution is -2.29. The van der Waals surface area contributed by atoms with E-state index in [1.165, 1.54) is 30.4 Å². The summed E-state index contributed by atoms with van der Waals surface area (Å²) in [6, 6.07) is 6.51.